The van der Waals surface area contributed by atoms with E-state index in [-0.39, 0.29) is 5.78 Å². The van der Waals surface area contributed by atoms with E-state index in [1.54, 1.807) is 6.20 Å². The van der Waals surface area contributed by atoms with Gasteiger partial charge >= 0.3 is 0 Å². The van der Waals surface area contributed by atoms with Gasteiger partial charge in [0.25, 0.3) is 0 Å². The van der Waals surface area contributed by atoms with E-state index >= 15 is 0 Å². The summed E-state index contributed by atoms with van der Waals surface area (Å²) >= 11 is 0. The van der Waals surface area contributed by atoms with Crippen LogP contribution in [-0.4, -0.2) is 29.9 Å². The average molecular weight is 258 g/mol. The van der Waals surface area contributed by atoms with E-state index < -0.39 is 0 Å². The highest BCUT2D eigenvalue weighted by Gasteiger charge is 2.29. The highest BCUT2D eigenvalue weighted by Crippen LogP contribution is 2.33. The minimum atomic E-state index is 0.246. The molecular formula is C14H18N4O. The van der Waals surface area contributed by atoms with E-state index in [0.717, 1.165) is 22.7 Å². The number of aromatic nitrogens is 1. The zero-order valence-electron chi connectivity index (χ0n) is 11.2. The molecule has 3 rings (SSSR count). The van der Waals surface area contributed by atoms with Crippen molar-refractivity contribution in [1.29, 1.82) is 0 Å². The van der Waals surface area contributed by atoms with Crippen molar-refractivity contribution in [1.82, 2.24) is 15.7 Å². The van der Waals surface area contributed by atoms with Gasteiger partial charge in [-0.05, 0) is 31.6 Å². The molecule has 0 saturated carbocycles. The van der Waals surface area contributed by atoms with Crippen molar-refractivity contribution in [2.24, 2.45) is 0 Å². The lowest BCUT2D eigenvalue weighted by Gasteiger charge is -2.36. The van der Waals surface area contributed by atoms with E-state index in [4.69, 9.17) is 0 Å². The summed E-state index contributed by atoms with van der Waals surface area (Å²) in [7, 11) is 0. The summed E-state index contributed by atoms with van der Waals surface area (Å²) in [5, 5.41) is 5.28. The summed E-state index contributed by atoms with van der Waals surface area (Å²) in [6.07, 6.45) is 2.33. The maximum Gasteiger partial charge on any atom is 0.156 e. The molecule has 0 bridgehead atoms. The number of hydrogen-bond acceptors (Lipinski definition) is 5. The van der Waals surface area contributed by atoms with Crippen molar-refractivity contribution in [3.8, 4) is 0 Å². The van der Waals surface area contributed by atoms with Crippen LogP contribution < -0.4 is 15.8 Å². The lowest BCUT2D eigenvalue weighted by atomic mass is 9.95. The van der Waals surface area contributed by atoms with Crippen LogP contribution in [0.5, 0.6) is 0 Å². The molecule has 1 aromatic rings. The number of hydrogen-bond donors (Lipinski definition) is 2. The minimum absolute atomic E-state index is 0.246. The Bertz CT molecular complexity index is 550. The fourth-order valence-electron chi connectivity index (χ4n) is 2.61. The van der Waals surface area contributed by atoms with Gasteiger partial charge in [0.15, 0.2) is 11.6 Å². The first-order valence-electron chi connectivity index (χ1n) is 6.62. The number of carbonyl (C=O) groups excluding carboxylic acids is 1. The Balaban J connectivity index is 2.03. The number of fused-ring (bicyclic) bond motifs is 2. The topological polar surface area (TPSA) is 57.3 Å². The molecule has 2 N–H and O–H groups in total. The molecule has 100 valence electrons. The Kier molecular flexibility index (Phi) is 2.98. The van der Waals surface area contributed by atoms with Crippen LogP contribution in [0.25, 0.3) is 5.70 Å². The summed E-state index contributed by atoms with van der Waals surface area (Å²) in [6, 6.07) is 4.30. The molecule has 2 aliphatic rings. The fraction of sp³-hybridized carbons (Fsp3) is 0.429. The lowest BCUT2D eigenvalue weighted by molar-refractivity contribution is -0.117. The molecule has 3 heterocycles. The minimum Gasteiger partial charge on any atom is -0.377 e. The van der Waals surface area contributed by atoms with Crippen LogP contribution >= 0.6 is 0 Å². The van der Waals surface area contributed by atoms with E-state index in [1.807, 2.05) is 11.1 Å². The number of hydrazine groups is 1. The number of pyridine rings is 1. The standard InChI is InChI=1S/C14H18N4O/c1-9(2)17-18-8-10-6-11(19)7-16-13(10)12-4-3-5-15-14(12)18/h3-5,9,16-17H,6-8H2,1-2H3. The predicted octanol–water partition coefficient (Wildman–Crippen LogP) is 1.09. The Morgan fingerprint density at radius 3 is 3.11 bits per heavy atom. The van der Waals surface area contributed by atoms with Gasteiger partial charge in [0.05, 0.1) is 13.1 Å². The molecule has 19 heavy (non-hydrogen) atoms. The number of carbonyl (C=O) groups is 1. The van der Waals surface area contributed by atoms with Crippen LogP contribution in [-0.2, 0) is 4.79 Å². The number of rotatable bonds is 2. The number of ketones is 1. The van der Waals surface area contributed by atoms with E-state index in [2.05, 4.69) is 35.6 Å². The second-order valence-corrected chi connectivity index (χ2v) is 5.29. The summed E-state index contributed by atoms with van der Waals surface area (Å²) in [4.78, 5) is 16.1. The van der Waals surface area contributed by atoms with E-state index in [9.17, 15) is 4.79 Å². The van der Waals surface area contributed by atoms with Crippen molar-refractivity contribution in [2.45, 2.75) is 26.3 Å². The molecule has 0 fully saturated rings. The second kappa shape index (κ2) is 4.66. The molecule has 0 unspecified atom stereocenters. The third-order valence-corrected chi connectivity index (χ3v) is 3.30. The molecule has 5 heteroatoms. The van der Waals surface area contributed by atoms with E-state index in [1.165, 1.54) is 0 Å². The van der Waals surface area contributed by atoms with Gasteiger partial charge < -0.3 is 5.32 Å². The van der Waals surface area contributed by atoms with Crippen LogP contribution in [0.3, 0.4) is 0 Å². The zero-order chi connectivity index (χ0) is 13.4. The van der Waals surface area contributed by atoms with E-state index in [0.29, 0.717) is 25.6 Å². The van der Waals surface area contributed by atoms with Crippen LogP contribution in [0.2, 0.25) is 0 Å². The molecule has 5 nitrogen and oxygen atoms in total. The highest BCUT2D eigenvalue weighted by molar-refractivity contribution is 5.92. The first-order valence-corrected chi connectivity index (χ1v) is 6.62. The maximum atomic E-state index is 11.6. The Labute approximate surface area is 112 Å². The summed E-state index contributed by atoms with van der Waals surface area (Å²) in [5.41, 5.74) is 6.69. The summed E-state index contributed by atoms with van der Waals surface area (Å²) in [6.45, 7) is 5.31. The van der Waals surface area contributed by atoms with Crippen LogP contribution in [0.1, 0.15) is 25.8 Å². The zero-order valence-corrected chi connectivity index (χ0v) is 11.2. The van der Waals surface area contributed by atoms with Gasteiger partial charge in [0, 0.05) is 29.9 Å². The smallest absolute Gasteiger partial charge is 0.156 e. The number of Topliss-reactive ketones (excluding diaryl/α,β-unsaturated/α-hetero) is 1. The van der Waals surface area contributed by atoms with Crippen molar-refractivity contribution in [3.63, 3.8) is 0 Å². The Morgan fingerprint density at radius 1 is 1.47 bits per heavy atom. The third kappa shape index (κ3) is 2.21. The number of nitrogens with one attached hydrogen (secondary N) is 2. The molecule has 0 spiro atoms. The molecule has 2 aliphatic heterocycles. The van der Waals surface area contributed by atoms with Gasteiger partial charge in [0.2, 0.25) is 0 Å². The van der Waals surface area contributed by atoms with Crippen molar-refractivity contribution in [3.05, 3.63) is 29.5 Å². The fourth-order valence-corrected chi connectivity index (χ4v) is 2.61. The third-order valence-electron chi connectivity index (χ3n) is 3.30. The average Bonchev–Trinajstić information content (AvgIpc) is 2.38. The number of anilines is 1. The SMILES string of the molecule is CC(C)NN1CC2=C(NCC(=O)C2)c2cccnc21. The van der Waals surface area contributed by atoms with Crippen molar-refractivity contribution in [2.75, 3.05) is 18.1 Å². The molecule has 0 amide bonds. The van der Waals surface area contributed by atoms with Crippen LogP contribution in [0, 0.1) is 0 Å². The molecule has 0 saturated heterocycles. The second-order valence-electron chi connectivity index (χ2n) is 5.29. The number of nitrogens with zero attached hydrogens (tertiary/aromatic N) is 2. The normalized spacial score (nSPS) is 18.3. The Morgan fingerprint density at radius 2 is 2.32 bits per heavy atom. The van der Waals surface area contributed by atoms with Gasteiger partial charge in [-0.3, -0.25) is 9.80 Å². The predicted molar refractivity (Wildman–Crippen MR) is 74.4 cm³/mol. The lowest BCUT2D eigenvalue weighted by Crippen LogP contribution is -2.48. The van der Waals surface area contributed by atoms with Crippen molar-refractivity contribution >= 4 is 17.3 Å². The monoisotopic (exact) mass is 258 g/mol. The molecule has 0 aromatic carbocycles. The van der Waals surface area contributed by atoms with Gasteiger partial charge in [-0.2, -0.15) is 0 Å². The molecule has 0 radical (unpaired) electrons. The molecule has 1 aromatic heterocycles. The van der Waals surface area contributed by atoms with Crippen LogP contribution in [0.4, 0.5) is 5.82 Å². The summed E-state index contributed by atoms with van der Waals surface area (Å²) in [5.74, 6) is 1.17. The first kappa shape index (κ1) is 12.2. The van der Waals surface area contributed by atoms with Gasteiger partial charge in [0.1, 0.15) is 0 Å². The molecule has 0 atom stereocenters. The van der Waals surface area contributed by atoms with Crippen molar-refractivity contribution < 1.29 is 4.79 Å². The summed E-state index contributed by atoms with van der Waals surface area (Å²) < 4.78 is 0. The quantitative estimate of drug-likeness (QED) is 0.831. The van der Waals surface area contributed by atoms with Gasteiger partial charge in [-0.15, -0.1) is 0 Å². The Hall–Kier alpha value is -1.88. The molecular weight excluding hydrogens is 240 g/mol. The first-order chi connectivity index (χ1) is 9.15. The highest BCUT2D eigenvalue weighted by atomic mass is 16.1. The largest absolute Gasteiger partial charge is 0.377 e. The van der Waals surface area contributed by atoms with Gasteiger partial charge in [-0.25, -0.2) is 10.4 Å². The maximum absolute atomic E-state index is 11.6. The molecule has 0 aliphatic carbocycles. The van der Waals surface area contributed by atoms with Gasteiger partial charge in [-0.1, -0.05) is 0 Å². The van der Waals surface area contributed by atoms with Crippen LogP contribution in [0.15, 0.2) is 23.9 Å².